The Morgan fingerprint density at radius 2 is 2.00 bits per heavy atom. The Morgan fingerprint density at radius 1 is 1.41 bits per heavy atom. The van der Waals surface area contributed by atoms with Crippen LogP contribution in [0, 0.1) is 5.92 Å². The molecule has 0 radical (unpaired) electrons. The molecule has 1 aromatic rings. The fraction of sp³-hybridized carbons (Fsp3) is 0.500. The van der Waals surface area contributed by atoms with E-state index in [9.17, 15) is 13.0 Å². The van der Waals surface area contributed by atoms with Crippen LogP contribution in [-0.4, -0.2) is 24.0 Å². The average Bonchev–Trinajstić information content (AvgIpc) is 2.65. The first-order valence-electron chi connectivity index (χ1n) is 4.75. The largest absolute Gasteiger partial charge is 0.343 e. The molecule has 0 saturated carbocycles. The lowest BCUT2D eigenvalue weighted by molar-refractivity contribution is 0.336. The number of hydrogen-bond donors (Lipinski definition) is 3. The molecule has 0 fully saturated rings. The van der Waals surface area contributed by atoms with Gasteiger partial charge in [-0.2, -0.15) is 4.72 Å². The van der Waals surface area contributed by atoms with Crippen LogP contribution in [0.4, 0.5) is 0 Å². The Balaban J connectivity index is 3.01. The third kappa shape index (κ3) is 3.87. The van der Waals surface area contributed by atoms with E-state index in [1.165, 1.54) is 6.07 Å². The van der Waals surface area contributed by atoms with Crippen LogP contribution >= 0.6 is 18.9 Å². The quantitative estimate of drug-likeness (QED) is 0.708. The maximum Gasteiger partial charge on any atom is 0.343 e. The number of thiophene rings is 1. The zero-order valence-electron chi connectivity index (χ0n) is 9.27. The Morgan fingerprint density at radius 3 is 2.35 bits per heavy atom. The van der Waals surface area contributed by atoms with E-state index in [-0.39, 0.29) is 4.21 Å². The normalized spacial score (nSPS) is 15.1. The van der Waals surface area contributed by atoms with Gasteiger partial charge >= 0.3 is 7.60 Å². The molecule has 1 atom stereocenters. The van der Waals surface area contributed by atoms with Crippen molar-refractivity contribution in [3.05, 3.63) is 17.5 Å². The molecule has 17 heavy (non-hydrogen) atoms. The maximum atomic E-state index is 11.8. The number of nitrogens with one attached hydrogen (secondary N) is 1. The summed E-state index contributed by atoms with van der Waals surface area (Å²) in [5.74, 6) is -1.92. The third-order valence-corrected chi connectivity index (χ3v) is 6.49. The van der Waals surface area contributed by atoms with Crippen LogP contribution < -0.4 is 4.72 Å². The van der Waals surface area contributed by atoms with Crippen LogP contribution in [0.15, 0.2) is 21.7 Å². The lowest BCUT2D eigenvalue weighted by Gasteiger charge is -2.22. The van der Waals surface area contributed by atoms with Crippen molar-refractivity contribution < 1.29 is 22.8 Å². The zero-order chi connectivity index (χ0) is 13.3. The summed E-state index contributed by atoms with van der Waals surface area (Å²) in [5, 5.41) is 1.58. The minimum atomic E-state index is -4.52. The second-order valence-corrected chi connectivity index (χ2v) is 8.45. The molecule has 0 spiro atoms. The third-order valence-electron chi connectivity index (χ3n) is 2.03. The molecule has 98 valence electrons. The van der Waals surface area contributed by atoms with Gasteiger partial charge in [-0.1, -0.05) is 19.9 Å². The van der Waals surface area contributed by atoms with E-state index in [1.54, 1.807) is 25.3 Å². The summed E-state index contributed by atoms with van der Waals surface area (Å²) in [6, 6.07) is 2.94. The zero-order valence-corrected chi connectivity index (χ0v) is 11.8. The number of rotatable bonds is 5. The lowest BCUT2D eigenvalue weighted by Crippen LogP contribution is -2.37. The van der Waals surface area contributed by atoms with Crippen LogP contribution in [0.5, 0.6) is 0 Å². The first-order valence-corrected chi connectivity index (χ1v) is 8.80. The molecular weight excluding hydrogens is 285 g/mol. The summed E-state index contributed by atoms with van der Waals surface area (Å²) in [6.07, 6.45) is 0. The van der Waals surface area contributed by atoms with Gasteiger partial charge in [0.1, 0.15) is 9.99 Å². The van der Waals surface area contributed by atoms with Crippen molar-refractivity contribution in [3.8, 4) is 0 Å². The molecule has 1 heterocycles. The van der Waals surface area contributed by atoms with Crippen molar-refractivity contribution in [1.29, 1.82) is 0 Å². The van der Waals surface area contributed by atoms with Crippen molar-refractivity contribution in [3.63, 3.8) is 0 Å². The van der Waals surface area contributed by atoms with Crippen LogP contribution in [0.3, 0.4) is 0 Å². The van der Waals surface area contributed by atoms with E-state index in [2.05, 4.69) is 4.72 Å². The fourth-order valence-electron chi connectivity index (χ4n) is 1.23. The fourth-order valence-corrected chi connectivity index (χ4v) is 5.20. The van der Waals surface area contributed by atoms with E-state index in [0.717, 1.165) is 11.3 Å². The van der Waals surface area contributed by atoms with E-state index in [4.69, 9.17) is 9.79 Å². The molecule has 1 unspecified atom stereocenters. The van der Waals surface area contributed by atoms with Crippen molar-refractivity contribution in [2.75, 3.05) is 0 Å². The smallest absolute Gasteiger partial charge is 0.323 e. The molecule has 0 saturated heterocycles. The van der Waals surface area contributed by atoms with E-state index in [1.807, 2.05) is 0 Å². The van der Waals surface area contributed by atoms with Crippen molar-refractivity contribution in [2.45, 2.75) is 23.8 Å². The van der Waals surface area contributed by atoms with Gasteiger partial charge in [0, 0.05) is 0 Å². The molecule has 1 rings (SSSR count). The molecule has 6 nitrogen and oxygen atoms in total. The Kier molecular flexibility index (Phi) is 4.51. The van der Waals surface area contributed by atoms with Gasteiger partial charge in [0.25, 0.3) is 10.0 Å². The van der Waals surface area contributed by atoms with E-state index >= 15 is 0 Å². The predicted octanol–water partition coefficient (Wildman–Crippen LogP) is 1.19. The van der Waals surface area contributed by atoms with Crippen molar-refractivity contribution >= 4 is 29.0 Å². The summed E-state index contributed by atoms with van der Waals surface area (Å²) in [6.45, 7) is 3.08. The van der Waals surface area contributed by atoms with Crippen LogP contribution in [-0.2, 0) is 14.6 Å². The summed E-state index contributed by atoms with van der Waals surface area (Å²) in [7, 11) is -8.38. The highest BCUT2D eigenvalue weighted by Gasteiger charge is 2.35. The standard InChI is InChI=1S/C8H14NO5PS2/c1-6(2)8(15(10,11)12)9-17(13,14)7-4-3-5-16-7/h3-6,8-9H,1-2H3,(H2,10,11,12). The van der Waals surface area contributed by atoms with Gasteiger partial charge in [0.2, 0.25) is 0 Å². The summed E-state index contributed by atoms with van der Waals surface area (Å²) >= 11 is 0.991. The SMILES string of the molecule is CC(C)C(NS(=O)(=O)c1cccs1)P(=O)(O)O. The van der Waals surface area contributed by atoms with E-state index in [0.29, 0.717) is 0 Å². The highest BCUT2D eigenvalue weighted by Crippen LogP contribution is 2.43. The molecule has 3 N–H and O–H groups in total. The number of hydrogen-bond acceptors (Lipinski definition) is 4. The van der Waals surface area contributed by atoms with Gasteiger partial charge < -0.3 is 9.79 Å². The number of sulfonamides is 1. The van der Waals surface area contributed by atoms with Crippen molar-refractivity contribution in [1.82, 2.24) is 4.72 Å². The van der Waals surface area contributed by atoms with Crippen LogP contribution in [0.2, 0.25) is 0 Å². The highest BCUT2D eigenvalue weighted by molar-refractivity contribution is 7.91. The first kappa shape index (κ1) is 14.8. The van der Waals surface area contributed by atoms with Gasteiger partial charge in [0.05, 0.1) is 0 Å². The van der Waals surface area contributed by atoms with Crippen LogP contribution in [0.25, 0.3) is 0 Å². The lowest BCUT2D eigenvalue weighted by atomic mass is 10.2. The molecule has 0 aliphatic heterocycles. The van der Waals surface area contributed by atoms with Gasteiger partial charge in [-0.05, 0) is 17.4 Å². The minimum absolute atomic E-state index is 0.0385. The Hall–Kier alpha value is -0.240. The summed E-state index contributed by atoms with van der Waals surface area (Å²) in [5.41, 5.74) is 0. The summed E-state index contributed by atoms with van der Waals surface area (Å²) in [4.78, 5) is 18.2. The maximum absolute atomic E-state index is 11.8. The Bertz CT molecular complexity index is 504. The Labute approximate surface area is 104 Å². The minimum Gasteiger partial charge on any atom is -0.323 e. The van der Waals surface area contributed by atoms with Gasteiger partial charge in [-0.25, -0.2) is 8.42 Å². The molecule has 0 aliphatic rings. The first-order chi connectivity index (χ1) is 7.64. The second-order valence-electron chi connectivity index (χ2n) is 3.83. The molecule has 9 heteroatoms. The van der Waals surface area contributed by atoms with Gasteiger partial charge in [-0.15, -0.1) is 11.3 Å². The molecule has 0 aliphatic carbocycles. The monoisotopic (exact) mass is 299 g/mol. The topological polar surface area (TPSA) is 104 Å². The van der Waals surface area contributed by atoms with Crippen molar-refractivity contribution in [2.24, 2.45) is 5.92 Å². The highest BCUT2D eigenvalue weighted by atomic mass is 32.2. The summed E-state index contributed by atoms with van der Waals surface area (Å²) < 4.78 is 36.9. The molecule has 0 amide bonds. The average molecular weight is 299 g/mol. The van der Waals surface area contributed by atoms with Gasteiger partial charge in [-0.3, -0.25) is 4.57 Å². The second kappa shape index (κ2) is 5.17. The van der Waals surface area contributed by atoms with Gasteiger partial charge in [0.15, 0.2) is 0 Å². The molecule has 0 bridgehead atoms. The molecule has 1 aromatic heterocycles. The molecular formula is C8H14NO5PS2. The predicted molar refractivity (Wildman–Crippen MR) is 65.3 cm³/mol. The molecule has 0 aromatic carbocycles. The van der Waals surface area contributed by atoms with E-state index < -0.39 is 29.3 Å². The van der Waals surface area contributed by atoms with Crippen LogP contribution in [0.1, 0.15) is 13.8 Å².